The van der Waals surface area contributed by atoms with Crippen LogP contribution in [0.25, 0.3) is 0 Å². The van der Waals surface area contributed by atoms with Gasteiger partial charge in [-0.15, -0.1) is 0 Å². The van der Waals surface area contributed by atoms with E-state index in [9.17, 15) is 4.79 Å². The number of fused-ring (bicyclic) bond motifs is 1. The SMILES string of the molecule is CCCCCCCCCCCCCCC1OC(C)(C)O[C@H]1[C@H](CCS(=O)(=O)[C@@H]1OC2COC(C)O[C@@H]2C(OCc2ccccc2)[C@@H]1OCc1ccccc1)/N=C(\Cc1ccccc1)C(=O)c1ccccc1. The van der Waals surface area contributed by atoms with Crippen LogP contribution in [0.3, 0.4) is 0 Å². The number of carbonyl (C=O) groups excluding carboxylic acids is 1. The molecule has 0 aromatic heterocycles. The molecule has 9 atom stereocenters. The summed E-state index contributed by atoms with van der Waals surface area (Å²) in [7, 11) is -4.18. The molecule has 71 heavy (non-hydrogen) atoms. The van der Waals surface area contributed by atoms with Crippen LogP contribution in [0, 0.1) is 0 Å². The second-order valence-electron chi connectivity index (χ2n) is 20.0. The molecule has 11 nitrogen and oxygen atoms in total. The lowest BCUT2D eigenvalue weighted by Crippen LogP contribution is -2.65. The van der Waals surface area contributed by atoms with Gasteiger partial charge < -0.3 is 33.2 Å². The number of nitrogens with zero attached hydrogens (tertiary/aromatic N) is 1. The molecule has 3 aliphatic rings. The van der Waals surface area contributed by atoms with Crippen LogP contribution in [-0.2, 0) is 62.6 Å². The van der Waals surface area contributed by atoms with Gasteiger partial charge in [-0.25, -0.2) is 8.42 Å². The molecule has 7 rings (SSSR count). The third kappa shape index (κ3) is 16.7. The van der Waals surface area contributed by atoms with E-state index in [4.69, 9.17) is 38.2 Å². The van der Waals surface area contributed by atoms with Crippen LogP contribution >= 0.6 is 0 Å². The number of hydrogen-bond donors (Lipinski definition) is 0. The number of sulfone groups is 1. The number of aliphatic imine (C=N–C) groups is 1. The predicted octanol–water partition coefficient (Wildman–Crippen LogP) is 12.0. The third-order valence-electron chi connectivity index (χ3n) is 13.8. The Hall–Kier alpha value is -4.11. The van der Waals surface area contributed by atoms with E-state index >= 15 is 8.42 Å². The van der Waals surface area contributed by atoms with Gasteiger partial charge in [0.15, 0.2) is 27.4 Å². The van der Waals surface area contributed by atoms with Crippen LogP contribution < -0.4 is 0 Å². The zero-order chi connectivity index (χ0) is 49.9. The van der Waals surface area contributed by atoms with E-state index in [1.807, 2.05) is 130 Å². The largest absolute Gasteiger partial charge is 0.368 e. The van der Waals surface area contributed by atoms with Gasteiger partial charge in [0.2, 0.25) is 5.78 Å². The molecule has 0 spiro atoms. The monoisotopic (exact) mass is 994 g/mol. The van der Waals surface area contributed by atoms with Gasteiger partial charge in [0, 0.05) is 12.0 Å². The maximum Gasteiger partial charge on any atom is 0.207 e. The van der Waals surface area contributed by atoms with Crippen LogP contribution in [0.4, 0.5) is 0 Å². The highest BCUT2D eigenvalue weighted by Crippen LogP contribution is 2.38. The lowest BCUT2D eigenvalue weighted by Gasteiger charge is -2.48. The third-order valence-corrected chi connectivity index (χ3v) is 15.7. The van der Waals surface area contributed by atoms with E-state index < -0.39 is 63.9 Å². The molecular formula is C59H79NO10S. The van der Waals surface area contributed by atoms with Gasteiger partial charge in [-0.1, -0.05) is 205 Å². The van der Waals surface area contributed by atoms with Crippen molar-refractivity contribution in [2.45, 2.75) is 197 Å². The van der Waals surface area contributed by atoms with E-state index in [0.717, 1.165) is 36.0 Å². The normalized spacial score (nSPS) is 24.9. The standard InChI is InChI=1S/C59H79NO10S/c1-5-6-7-8-9-10-11-12-13-14-15-28-37-51-54(70-59(3,4)69-51)49(60-50(40-45-29-20-16-21-30-45)53(61)48-35-26-19-27-36-48)38-39-71(62,63)58-57(66-42-47-33-24-18-25-34-47)56(65-41-46-31-22-17-23-32-46)55-52(68-58)43-64-44(2)67-55/h16-27,29-36,44,49,51-52,54-58H,5-15,28,37-43H2,1-4H3/b60-50+/t44?,49-,51?,52?,54-,55-,56?,57-,58-/m0/s1. The molecule has 0 bridgehead atoms. The summed E-state index contributed by atoms with van der Waals surface area (Å²) in [6.45, 7) is 8.30. The fourth-order valence-corrected chi connectivity index (χ4v) is 11.8. The average Bonchev–Trinajstić information content (AvgIpc) is 3.70. The maximum absolute atomic E-state index is 15.3. The average molecular weight is 994 g/mol. The van der Waals surface area contributed by atoms with Crippen LogP contribution in [0.15, 0.2) is 126 Å². The topological polar surface area (TPSA) is 128 Å². The Morgan fingerprint density at radius 1 is 0.676 bits per heavy atom. The first-order valence-corrected chi connectivity index (χ1v) is 28.2. The zero-order valence-corrected chi connectivity index (χ0v) is 43.4. The minimum Gasteiger partial charge on any atom is -0.368 e. The van der Waals surface area contributed by atoms with Gasteiger partial charge in [-0.2, -0.15) is 0 Å². The first-order valence-electron chi connectivity index (χ1n) is 26.5. The Morgan fingerprint density at radius 3 is 1.77 bits per heavy atom. The van der Waals surface area contributed by atoms with Crippen molar-refractivity contribution in [1.82, 2.24) is 0 Å². The molecular weight excluding hydrogens is 915 g/mol. The van der Waals surface area contributed by atoms with Crippen molar-refractivity contribution in [3.8, 4) is 0 Å². The fraction of sp³-hybridized carbons (Fsp3) is 0.559. The van der Waals surface area contributed by atoms with Crippen LogP contribution in [-0.4, -0.2) is 92.5 Å². The van der Waals surface area contributed by atoms with Gasteiger partial charge in [0.05, 0.1) is 43.4 Å². The molecule has 0 amide bonds. The number of unbranched alkanes of at least 4 members (excludes halogenated alkanes) is 11. The van der Waals surface area contributed by atoms with Crippen molar-refractivity contribution in [3.05, 3.63) is 144 Å². The number of benzene rings is 4. The summed E-state index contributed by atoms with van der Waals surface area (Å²) < 4.78 is 76.2. The summed E-state index contributed by atoms with van der Waals surface area (Å²) in [5, 5.41) is 0. The van der Waals surface area contributed by atoms with E-state index in [0.29, 0.717) is 17.7 Å². The van der Waals surface area contributed by atoms with Gasteiger partial charge in [0.25, 0.3) is 0 Å². The highest BCUT2D eigenvalue weighted by atomic mass is 32.2. The molecule has 3 saturated heterocycles. The van der Waals surface area contributed by atoms with Gasteiger partial charge in [-0.3, -0.25) is 9.79 Å². The smallest absolute Gasteiger partial charge is 0.207 e. The Kier molecular flexibility index (Phi) is 21.4. The molecule has 3 heterocycles. The zero-order valence-electron chi connectivity index (χ0n) is 42.6. The molecule has 0 N–H and O–H groups in total. The van der Waals surface area contributed by atoms with Crippen LogP contribution in [0.2, 0.25) is 0 Å². The molecule has 4 aromatic rings. The first-order chi connectivity index (χ1) is 34.5. The second-order valence-corrected chi connectivity index (χ2v) is 22.2. The van der Waals surface area contributed by atoms with Crippen molar-refractivity contribution in [3.63, 3.8) is 0 Å². The Morgan fingerprint density at radius 2 is 1.20 bits per heavy atom. The van der Waals surface area contributed by atoms with Gasteiger partial charge >= 0.3 is 0 Å². The van der Waals surface area contributed by atoms with E-state index in [1.54, 1.807) is 12.1 Å². The minimum atomic E-state index is -4.18. The van der Waals surface area contributed by atoms with E-state index in [1.165, 1.54) is 57.8 Å². The molecule has 0 aliphatic carbocycles. The van der Waals surface area contributed by atoms with E-state index in [-0.39, 0.29) is 50.3 Å². The van der Waals surface area contributed by atoms with Gasteiger partial charge in [0.1, 0.15) is 30.5 Å². The lowest BCUT2D eigenvalue weighted by molar-refractivity contribution is -0.323. The number of rotatable bonds is 29. The summed E-state index contributed by atoms with van der Waals surface area (Å²) in [4.78, 5) is 19.9. The number of ether oxygens (including phenoxy) is 7. The van der Waals surface area contributed by atoms with Crippen molar-refractivity contribution < 1.29 is 46.4 Å². The van der Waals surface area contributed by atoms with Crippen molar-refractivity contribution in [2.24, 2.45) is 4.99 Å². The fourth-order valence-electron chi connectivity index (χ4n) is 10.1. The van der Waals surface area contributed by atoms with E-state index in [2.05, 4.69) is 6.92 Å². The summed E-state index contributed by atoms with van der Waals surface area (Å²) in [6, 6.07) is 37.5. The first kappa shape index (κ1) is 54.7. The quantitative estimate of drug-likeness (QED) is 0.0295. The van der Waals surface area contributed by atoms with Crippen LogP contribution in [0.1, 0.15) is 145 Å². The van der Waals surface area contributed by atoms with Gasteiger partial charge in [-0.05, 0) is 50.3 Å². The summed E-state index contributed by atoms with van der Waals surface area (Å²) in [5.41, 5.74) is 2.09. The summed E-state index contributed by atoms with van der Waals surface area (Å²) in [5.74, 6) is -1.53. The minimum absolute atomic E-state index is 0.0284. The molecule has 3 fully saturated rings. The maximum atomic E-state index is 15.3. The Bertz CT molecular complexity index is 2300. The highest BCUT2D eigenvalue weighted by molar-refractivity contribution is 7.91. The molecule has 386 valence electrons. The number of hydrogen-bond acceptors (Lipinski definition) is 11. The predicted molar refractivity (Wildman–Crippen MR) is 279 cm³/mol. The number of ketones is 1. The Labute approximate surface area is 424 Å². The summed E-state index contributed by atoms with van der Waals surface area (Å²) >= 11 is 0. The molecule has 0 radical (unpaired) electrons. The molecule has 4 aromatic carbocycles. The number of Topliss-reactive ketones (excluding diaryl/α,β-unsaturated/α-hetero) is 1. The molecule has 4 unspecified atom stereocenters. The van der Waals surface area contributed by atoms with Crippen molar-refractivity contribution >= 4 is 21.3 Å². The second kappa shape index (κ2) is 27.8. The van der Waals surface area contributed by atoms with Crippen molar-refractivity contribution in [2.75, 3.05) is 12.4 Å². The molecule has 0 saturated carbocycles. The Balaban J connectivity index is 1.16. The summed E-state index contributed by atoms with van der Waals surface area (Å²) in [6.07, 6.45) is 10.9. The molecule has 3 aliphatic heterocycles. The molecule has 12 heteroatoms. The lowest BCUT2D eigenvalue weighted by atomic mass is 9.96. The number of carbonyl (C=O) groups is 1. The van der Waals surface area contributed by atoms with Crippen LogP contribution in [0.5, 0.6) is 0 Å². The van der Waals surface area contributed by atoms with Crippen molar-refractivity contribution in [1.29, 1.82) is 0 Å². The highest BCUT2D eigenvalue weighted by Gasteiger charge is 2.55.